The fraction of sp³-hybridized carbons (Fsp3) is 0.100. The van der Waals surface area contributed by atoms with Gasteiger partial charge < -0.3 is 5.32 Å². The van der Waals surface area contributed by atoms with Crippen LogP contribution in [-0.4, -0.2) is 27.4 Å². The summed E-state index contributed by atoms with van der Waals surface area (Å²) in [6, 6.07) is 17.9. The van der Waals surface area contributed by atoms with Crippen molar-refractivity contribution in [3.05, 3.63) is 78.2 Å². The molecule has 0 saturated carbocycles. The second kappa shape index (κ2) is 7.41. The van der Waals surface area contributed by atoms with Crippen LogP contribution in [0, 0.1) is 0 Å². The van der Waals surface area contributed by atoms with Crippen molar-refractivity contribution in [2.75, 3.05) is 6.54 Å². The van der Waals surface area contributed by atoms with Gasteiger partial charge in [-0.25, -0.2) is 15.0 Å². The number of aromatic nitrogens is 3. The summed E-state index contributed by atoms with van der Waals surface area (Å²) in [5.74, 6) is -0.233. The van der Waals surface area contributed by atoms with Gasteiger partial charge in [0.05, 0.1) is 10.2 Å². The lowest BCUT2D eigenvalue weighted by molar-refractivity contribution is 0.0949. The molecule has 0 saturated heterocycles. The number of fused-ring (bicyclic) bond motifs is 1. The Morgan fingerprint density at radius 1 is 0.962 bits per heavy atom. The van der Waals surface area contributed by atoms with Crippen molar-refractivity contribution in [2.45, 2.75) is 6.42 Å². The quantitative estimate of drug-likeness (QED) is 0.589. The first-order valence-electron chi connectivity index (χ1n) is 8.30. The molecular formula is C20H16N4OS. The number of rotatable bonds is 5. The molecule has 6 heteroatoms. The van der Waals surface area contributed by atoms with Gasteiger partial charge in [-0.3, -0.25) is 4.79 Å². The summed E-state index contributed by atoms with van der Waals surface area (Å²) < 4.78 is 1.06. The lowest BCUT2D eigenvalue weighted by atomic mass is 10.1. The highest BCUT2D eigenvalue weighted by molar-refractivity contribution is 7.21. The van der Waals surface area contributed by atoms with E-state index in [0.717, 1.165) is 16.6 Å². The maximum absolute atomic E-state index is 12.6. The lowest BCUT2D eigenvalue weighted by Crippen LogP contribution is -2.27. The topological polar surface area (TPSA) is 67.8 Å². The summed E-state index contributed by atoms with van der Waals surface area (Å²) >= 11 is 1.51. The second-order valence-electron chi connectivity index (χ2n) is 5.73. The molecule has 0 radical (unpaired) electrons. The van der Waals surface area contributed by atoms with E-state index in [1.165, 1.54) is 23.1 Å². The first-order valence-corrected chi connectivity index (χ1v) is 9.12. The molecule has 0 atom stereocenters. The minimum absolute atomic E-state index is 0.233. The fourth-order valence-electron chi connectivity index (χ4n) is 2.68. The zero-order valence-electron chi connectivity index (χ0n) is 13.9. The predicted molar refractivity (Wildman–Crippen MR) is 103 cm³/mol. The minimum Gasteiger partial charge on any atom is -0.350 e. The third-order valence-electron chi connectivity index (χ3n) is 3.95. The molecule has 0 unspecified atom stereocenters. The number of para-hydroxylation sites is 1. The summed E-state index contributed by atoms with van der Waals surface area (Å²) in [5.41, 5.74) is 2.90. The Morgan fingerprint density at radius 2 is 1.73 bits per heavy atom. The van der Waals surface area contributed by atoms with Gasteiger partial charge in [-0.05, 0) is 24.1 Å². The van der Waals surface area contributed by atoms with Gasteiger partial charge in [0, 0.05) is 18.9 Å². The largest absolute Gasteiger partial charge is 0.350 e. The maximum Gasteiger partial charge on any atom is 0.272 e. The highest BCUT2D eigenvalue weighted by Crippen LogP contribution is 2.29. The van der Waals surface area contributed by atoms with Gasteiger partial charge >= 0.3 is 0 Å². The van der Waals surface area contributed by atoms with E-state index in [1.54, 1.807) is 6.20 Å². The number of hydrogen-bond acceptors (Lipinski definition) is 5. The van der Waals surface area contributed by atoms with Gasteiger partial charge in [0.1, 0.15) is 10.7 Å². The number of nitrogens with zero attached hydrogens (tertiary/aromatic N) is 3. The summed E-state index contributed by atoms with van der Waals surface area (Å²) in [6.07, 6.45) is 3.88. The standard InChI is InChI=1S/C20H16N4OS/c25-19(23-11-10-14-6-2-1-3-7-14)17-18(22-13-12-21-17)20-24-15-8-4-5-9-16(15)26-20/h1-9,12-13H,10-11H2,(H,23,25). The van der Waals surface area contributed by atoms with Crippen LogP contribution in [0.1, 0.15) is 16.1 Å². The maximum atomic E-state index is 12.6. The Labute approximate surface area is 154 Å². The second-order valence-corrected chi connectivity index (χ2v) is 6.76. The molecule has 2 heterocycles. The summed E-state index contributed by atoms with van der Waals surface area (Å²) in [7, 11) is 0. The molecule has 2 aromatic heterocycles. The van der Waals surface area contributed by atoms with E-state index in [1.807, 2.05) is 54.6 Å². The van der Waals surface area contributed by atoms with Crippen molar-refractivity contribution < 1.29 is 4.79 Å². The number of benzene rings is 2. The highest BCUT2D eigenvalue weighted by Gasteiger charge is 2.18. The lowest BCUT2D eigenvalue weighted by Gasteiger charge is -2.07. The third kappa shape index (κ3) is 3.45. The summed E-state index contributed by atoms with van der Waals surface area (Å²) in [6.45, 7) is 0.540. The van der Waals surface area contributed by atoms with Crippen LogP contribution in [0.15, 0.2) is 67.0 Å². The molecule has 5 nitrogen and oxygen atoms in total. The van der Waals surface area contributed by atoms with E-state index in [2.05, 4.69) is 20.3 Å². The van der Waals surface area contributed by atoms with Crippen molar-refractivity contribution in [1.29, 1.82) is 0 Å². The smallest absolute Gasteiger partial charge is 0.272 e. The SMILES string of the molecule is O=C(NCCc1ccccc1)c1nccnc1-c1nc2ccccc2s1. The van der Waals surface area contributed by atoms with Crippen LogP contribution in [0.2, 0.25) is 0 Å². The van der Waals surface area contributed by atoms with E-state index >= 15 is 0 Å². The molecular weight excluding hydrogens is 344 g/mol. The summed E-state index contributed by atoms with van der Waals surface area (Å²) in [4.78, 5) is 25.8. The molecule has 0 aliphatic carbocycles. The molecule has 0 fully saturated rings. The van der Waals surface area contributed by atoms with E-state index in [0.29, 0.717) is 22.9 Å². The van der Waals surface area contributed by atoms with Crippen LogP contribution >= 0.6 is 11.3 Å². The predicted octanol–water partition coefficient (Wildman–Crippen LogP) is 3.73. The number of amides is 1. The normalized spacial score (nSPS) is 10.8. The van der Waals surface area contributed by atoms with Gasteiger partial charge in [-0.15, -0.1) is 11.3 Å². The zero-order valence-corrected chi connectivity index (χ0v) is 14.7. The molecule has 4 aromatic rings. The average molecular weight is 360 g/mol. The molecule has 1 N–H and O–H groups in total. The van der Waals surface area contributed by atoms with Crippen LogP contribution in [0.25, 0.3) is 20.9 Å². The minimum atomic E-state index is -0.233. The molecule has 26 heavy (non-hydrogen) atoms. The molecule has 0 aliphatic rings. The van der Waals surface area contributed by atoms with Crippen LogP contribution in [0.5, 0.6) is 0 Å². The van der Waals surface area contributed by atoms with Crippen LogP contribution < -0.4 is 5.32 Å². The third-order valence-corrected chi connectivity index (χ3v) is 4.99. The Morgan fingerprint density at radius 3 is 2.58 bits per heavy atom. The van der Waals surface area contributed by atoms with E-state index in [-0.39, 0.29) is 5.91 Å². The van der Waals surface area contributed by atoms with Gasteiger partial charge in [0.2, 0.25) is 0 Å². The molecule has 4 rings (SSSR count). The van der Waals surface area contributed by atoms with Crippen molar-refractivity contribution in [2.24, 2.45) is 0 Å². The Bertz CT molecular complexity index is 1010. The van der Waals surface area contributed by atoms with Crippen LogP contribution in [-0.2, 0) is 6.42 Å². The van der Waals surface area contributed by atoms with Crippen LogP contribution in [0.3, 0.4) is 0 Å². The Hall–Kier alpha value is -3.12. The van der Waals surface area contributed by atoms with Crippen molar-refractivity contribution in [3.8, 4) is 10.7 Å². The number of carbonyl (C=O) groups is 1. The molecule has 1 amide bonds. The average Bonchev–Trinajstić information content (AvgIpc) is 3.13. The molecule has 2 aromatic carbocycles. The molecule has 0 spiro atoms. The molecule has 0 bridgehead atoms. The van der Waals surface area contributed by atoms with Gasteiger partial charge in [-0.1, -0.05) is 42.5 Å². The number of carbonyl (C=O) groups excluding carboxylic acids is 1. The molecule has 0 aliphatic heterocycles. The first kappa shape index (κ1) is 16.4. The monoisotopic (exact) mass is 360 g/mol. The van der Waals surface area contributed by atoms with Crippen molar-refractivity contribution in [3.63, 3.8) is 0 Å². The van der Waals surface area contributed by atoms with Gasteiger partial charge in [0.15, 0.2) is 5.69 Å². The van der Waals surface area contributed by atoms with E-state index in [9.17, 15) is 4.79 Å². The first-order chi connectivity index (χ1) is 12.8. The van der Waals surface area contributed by atoms with E-state index < -0.39 is 0 Å². The zero-order chi connectivity index (χ0) is 17.8. The number of nitrogens with one attached hydrogen (secondary N) is 1. The molecule has 128 valence electrons. The van der Waals surface area contributed by atoms with Crippen molar-refractivity contribution in [1.82, 2.24) is 20.3 Å². The Kier molecular flexibility index (Phi) is 4.66. The fourth-order valence-corrected chi connectivity index (χ4v) is 3.65. The highest BCUT2D eigenvalue weighted by atomic mass is 32.1. The van der Waals surface area contributed by atoms with Gasteiger partial charge in [-0.2, -0.15) is 0 Å². The van der Waals surface area contributed by atoms with Crippen molar-refractivity contribution >= 4 is 27.5 Å². The van der Waals surface area contributed by atoms with Gasteiger partial charge in [0.25, 0.3) is 5.91 Å². The Balaban J connectivity index is 1.54. The number of hydrogen-bond donors (Lipinski definition) is 1. The van der Waals surface area contributed by atoms with Crippen LogP contribution in [0.4, 0.5) is 0 Å². The van der Waals surface area contributed by atoms with E-state index in [4.69, 9.17) is 0 Å². The number of thiazole rings is 1. The summed E-state index contributed by atoms with van der Waals surface area (Å²) in [5, 5.41) is 3.63.